The molecular formula is CH5CoFeSi. The van der Waals surface area contributed by atoms with Crippen molar-refractivity contribution in [2.45, 2.75) is 4.94 Å². The zero-order valence-electron chi connectivity index (χ0n) is 2.39. The van der Waals surface area contributed by atoms with Crippen LogP contribution in [-0.4, -0.2) is 10.2 Å². The zero-order valence-corrected chi connectivity index (χ0v) is 6.54. The summed E-state index contributed by atoms with van der Waals surface area (Å²) in [5.41, 5.74) is 0. The van der Waals surface area contributed by atoms with Crippen LogP contribution in [0.15, 0.2) is 0 Å². The molecule has 1 radical (unpaired) electrons. The van der Waals surface area contributed by atoms with Crippen molar-refractivity contribution in [1.82, 2.24) is 0 Å². The summed E-state index contributed by atoms with van der Waals surface area (Å²) < 4.78 is 0. The maximum atomic E-state index is 3.55. The van der Waals surface area contributed by atoms with Crippen LogP contribution in [0.5, 0.6) is 0 Å². The second kappa shape index (κ2) is 8.87. The maximum absolute atomic E-state index is 3.55. The van der Waals surface area contributed by atoms with E-state index in [1.54, 1.807) is 0 Å². The molecule has 0 aliphatic rings. The summed E-state index contributed by atoms with van der Waals surface area (Å²) in [7, 11) is 1.26. The van der Waals surface area contributed by atoms with Gasteiger partial charge in [-0.1, -0.05) is 0 Å². The van der Waals surface area contributed by atoms with Crippen LogP contribution in [0, 0.1) is 0 Å². The summed E-state index contributed by atoms with van der Waals surface area (Å²) in [6.07, 6.45) is 0. The van der Waals surface area contributed by atoms with Crippen LogP contribution in [0.2, 0.25) is 4.94 Å². The first-order valence-electron chi connectivity index (χ1n) is 0.957. The summed E-state index contributed by atoms with van der Waals surface area (Å²) in [5, 5.41) is 0. The van der Waals surface area contributed by atoms with E-state index in [-0.39, 0.29) is 16.8 Å². The molecule has 0 saturated heterocycles. The molecule has 0 aromatic carbocycles. The van der Waals surface area contributed by atoms with E-state index in [0.29, 0.717) is 0 Å². The van der Waals surface area contributed by atoms with Gasteiger partial charge in [0.2, 0.25) is 0 Å². The van der Waals surface area contributed by atoms with Crippen molar-refractivity contribution < 1.29 is 32.8 Å². The van der Waals surface area contributed by atoms with E-state index >= 15 is 0 Å². The van der Waals surface area contributed by atoms with Crippen molar-refractivity contribution in [3.05, 3.63) is 0 Å². The Morgan fingerprint density at radius 3 is 1.75 bits per heavy atom. The topological polar surface area (TPSA) is 0 Å². The van der Waals surface area contributed by atoms with Gasteiger partial charge in [-0.15, -0.1) is 0 Å². The Kier molecular flexibility index (Phi) is 19.9. The van der Waals surface area contributed by atoms with Crippen molar-refractivity contribution in [1.29, 1.82) is 0 Å². The normalized spacial score (nSPS) is 5.25. The standard InChI is InChI=1S/CH5Si.Co.Fe/c1-2;;/h1H2,2H3;;. The fraction of sp³-hybridized carbons (Fsp3) is 1.00. The van der Waals surface area contributed by atoms with Gasteiger partial charge in [-0.2, -0.15) is 0 Å². The number of hydrogen-bond donors (Lipinski definition) is 0. The van der Waals surface area contributed by atoms with Crippen LogP contribution >= 0.6 is 0 Å². The van der Waals surface area contributed by atoms with Gasteiger partial charge >= 0.3 is 31.2 Å². The van der Waals surface area contributed by atoms with Crippen LogP contribution in [0.3, 0.4) is 0 Å². The Balaban J connectivity index is 0. The number of rotatable bonds is 0. The molecule has 0 saturated carbocycles. The van der Waals surface area contributed by atoms with Gasteiger partial charge in [-0.3, -0.25) is 0 Å². The predicted octanol–water partition coefficient (Wildman–Crippen LogP) is -0.728. The van der Waals surface area contributed by atoms with Gasteiger partial charge in [-0.25, -0.2) is 0 Å². The molecule has 0 fully saturated rings. The van der Waals surface area contributed by atoms with Gasteiger partial charge in [0.25, 0.3) is 0 Å². The van der Waals surface area contributed by atoms with Crippen LogP contribution in [0.1, 0.15) is 0 Å². The van der Waals surface area contributed by atoms with Crippen molar-refractivity contribution >= 4 is 10.2 Å². The average Bonchev–Trinajstić information content (AvgIpc) is 0.918. The third-order valence-corrected chi connectivity index (χ3v) is 0. The average molecular weight is 160 g/mol. The molecule has 0 heterocycles. The molecule has 0 amide bonds. The van der Waals surface area contributed by atoms with Gasteiger partial charge in [0.1, 0.15) is 0 Å². The second-order valence-corrected chi connectivity index (χ2v) is 3.09. The van der Waals surface area contributed by atoms with Crippen LogP contribution in [-0.2, 0) is 32.8 Å². The van der Waals surface area contributed by atoms with E-state index in [9.17, 15) is 0 Å². The van der Waals surface area contributed by atoms with Crippen molar-refractivity contribution in [3.63, 3.8) is 0 Å². The Morgan fingerprint density at radius 2 is 1.75 bits per heavy atom. The number of hydrogen-bond acceptors (Lipinski definition) is 0. The first kappa shape index (κ1) is 8.97. The van der Waals surface area contributed by atoms with Crippen molar-refractivity contribution in [3.8, 4) is 0 Å². The molecule has 0 aliphatic heterocycles. The molecule has 0 aromatic heterocycles. The van der Waals surface area contributed by atoms with Gasteiger partial charge < -0.3 is 0 Å². The van der Waals surface area contributed by atoms with E-state index in [1.165, 1.54) is 10.2 Å². The first-order valence-corrected chi connectivity index (χ1v) is 3.15. The van der Waals surface area contributed by atoms with Gasteiger partial charge in [-0.05, 0) is 0 Å². The predicted molar refractivity (Wildman–Crippen MR) is 14.7 cm³/mol. The molecule has 0 bridgehead atoms. The molecule has 0 unspecified atom stereocenters. The summed E-state index contributed by atoms with van der Waals surface area (Å²) in [5.74, 6) is 0. The SMILES string of the molecule is [Co].[SiH3][CH2][Fe]. The summed E-state index contributed by atoms with van der Waals surface area (Å²) in [4.78, 5) is 1.14. The van der Waals surface area contributed by atoms with E-state index in [1.807, 2.05) is 0 Å². The molecule has 4 heavy (non-hydrogen) atoms. The van der Waals surface area contributed by atoms with Gasteiger partial charge in [0.05, 0.1) is 0 Å². The first-order chi connectivity index (χ1) is 1.41. The van der Waals surface area contributed by atoms with Crippen molar-refractivity contribution in [2.24, 2.45) is 0 Å². The molecular weight excluding hydrogens is 155 g/mol. The van der Waals surface area contributed by atoms with E-state index in [4.69, 9.17) is 0 Å². The van der Waals surface area contributed by atoms with E-state index in [0.717, 1.165) is 4.94 Å². The molecule has 0 atom stereocenters. The Morgan fingerprint density at radius 1 is 1.75 bits per heavy atom. The van der Waals surface area contributed by atoms with Gasteiger partial charge in [0, 0.05) is 16.8 Å². The monoisotopic (exact) mass is 160 g/mol. The minimum absolute atomic E-state index is 0. The van der Waals surface area contributed by atoms with E-state index < -0.39 is 0 Å². The van der Waals surface area contributed by atoms with Crippen LogP contribution < -0.4 is 0 Å². The fourth-order valence-electron chi connectivity index (χ4n) is 0. The summed E-state index contributed by atoms with van der Waals surface area (Å²) in [6, 6.07) is 0. The summed E-state index contributed by atoms with van der Waals surface area (Å²) in [6.45, 7) is 0. The fourth-order valence-corrected chi connectivity index (χ4v) is 0. The molecule has 0 nitrogen and oxygen atoms in total. The molecule has 30 valence electrons. The Hall–Kier alpha value is 1.24. The van der Waals surface area contributed by atoms with E-state index in [2.05, 4.69) is 16.0 Å². The Bertz CT molecular complexity index is 8.00. The van der Waals surface area contributed by atoms with Gasteiger partial charge in [0.15, 0.2) is 0 Å². The molecule has 0 N–H and O–H groups in total. The zero-order chi connectivity index (χ0) is 2.71. The third kappa shape index (κ3) is 10.6. The third-order valence-electron chi connectivity index (χ3n) is 0. The molecule has 0 aromatic rings. The molecule has 0 spiro atoms. The molecule has 0 rings (SSSR count). The molecule has 3 heteroatoms. The second-order valence-electron chi connectivity index (χ2n) is 0.250. The Labute approximate surface area is 48.2 Å². The van der Waals surface area contributed by atoms with Crippen LogP contribution in [0.4, 0.5) is 0 Å². The quantitative estimate of drug-likeness (QED) is 0.410. The van der Waals surface area contributed by atoms with Crippen LogP contribution in [0.25, 0.3) is 0 Å². The molecule has 0 aliphatic carbocycles. The summed E-state index contributed by atoms with van der Waals surface area (Å²) >= 11 is 3.55. The minimum atomic E-state index is 0. The van der Waals surface area contributed by atoms with Crippen molar-refractivity contribution in [2.75, 3.05) is 0 Å².